The number of hydrogen-bond acceptors (Lipinski definition) is 9. The fourth-order valence-electron chi connectivity index (χ4n) is 3.34. The van der Waals surface area contributed by atoms with Gasteiger partial charge in [-0.15, -0.1) is 30.4 Å². The Morgan fingerprint density at radius 3 is 0.938 bits per heavy atom. The molecule has 0 rings (SSSR count). The molecule has 0 aliphatic rings. The summed E-state index contributed by atoms with van der Waals surface area (Å²) in [6, 6.07) is 0. The lowest BCUT2D eigenvalue weighted by atomic mass is 10.2. The summed E-state index contributed by atoms with van der Waals surface area (Å²) < 4.78 is 48.0. The van der Waals surface area contributed by atoms with Crippen LogP contribution in [0.5, 0.6) is 0 Å². The van der Waals surface area contributed by atoms with Gasteiger partial charge in [0.25, 0.3) is 0 Å². The monoisotopic (exact) mass is 941 g/mol. The van der Waals surface area contributed by atoms with Crippen molar-refractivity contribution in [2.45, 2.75) is 251 Å². The minimum absolute atomic E-state index is 0.00788. The van der Waals surface area contributed by atoms with Crippen LogP contribution in [0, 0.1) is 24.7 Å². The van der Waals surface area contributed by atoms with Crippen molar-refractivity contribution in [2.24, 2.45) is 0 Å². The van der Waals surface area contributed by atoms with E-state index in [9.17, 15) is 0 Å². The van der Waals surface area contributed by atoms with Crippen LogP contribution in [-0.4, -0.2) is 118 Å². The van der Waals surface area contributed by atoms with Crippen molar-refractivity contribution in [3.8, 4) is 24.7 Å². The van der Waals surface area contributed by atoms with Crippen LogP contribution in [0.15, 0.2) is 0 Å². The van der Waals surface area contributed by atoms with Gasteiger partial charge in [0, 0.05) is 45.3 Å². The fraction of sp³-hybridized carbons (Fsp3) is 0.926. The molecule has 0 amide bonds. The molecule has 0 aliphatic carbocycles. The van der Waals surface area contributed by atoms with Crippen LogP contribution < -0.4 is 0 Å². The average molecular weight is 942 g/mol. The van der Waals surface area contributed by atoms with Gasteiger partial charge in [-0.1, -0.05) is 33.1 Å². The van der Waals surface area contributed by atoms with Crippen molar-refractivity contribution in [3.63, 3.8) is 0 Å². The Bertz CT molecular complexity index is 966. The van der Waals surface area contributed by atoms with E-state index in [0.29, 0.717) is 51.9 Å². The maximum atomic E-state index is 5.49. The predicted molar refractivity (Wildman–Crippen MR) is 280 cm³/mol. The summed E-state index contributed by atoms with van der Waals surface area (Å²) in [5.74, 6) is 5.61. The summed E-state index contributed by atoms with van der Waals surface area (Å²) in [6.45, 7) is 59.1. The lowest BCUT2D eigenvalue weighted by Crippen LogP contribution is -2.22. The highest BCUT2D eigenvalue weighted by Crippen LogP contribution is 2.10. The third-order valence-corrected chi connectivity index (χ3v) is 6.28. The molecule has 0 spiro atoms. The van der Waals surface area contributed by atoms with Gasteiger partial charge in [0.05, 0.1) is 72.2 Å². The van der Waals surface area contributed by atoms with Gasteiger partial charge < -0.3 is 42.6 Å². The molecule has 0 fully saturated rings. The van der Waals surface area contributed by atoms with Crippen molar-refractivity contribution in [1.82, 2.24) is 0 Å². The Kier molecular flexibility index (Phi) is 56.9. The van der Waals surface area contributed by atoms with Crippen molar-refractivity contribution in [2.75, 3.05) is 78.6 Å². The van der Waals surface area contributed by atoms with Gasteiger partial charge >= 0.3 is 0 Å². The van der Waals surface area contributed by atoms with E-state index in [1.165, 1.54) is 12.8 Å². The lowest BCUT2D eigenvalue weighted by molar-refractivity contribution is -0.0424. The summed E-state index contributed by atoms with van der Waals surface area (Å²) in [5.41, 5.74) is -0.0583. The maximum absolute atomic E-state index is 5.49. The minimum Gasteiger partial charge on any atom is -0.379 e. The Labute approximate surface area is 406 Å². The zero-order chi connectivity index (χ0) is 52.0. The van der Waals surface area contributed by atoms with E-state index in [-0.39, 0.29) is 39.2 Å². The molecule has 0 bridgehead atoms. The molecule has 0 radical (unpaired) electrons. The fourth-order valence-corrected chi connectivity index (χ4v) is 3.45. The van der Waals surface area contributed by atoms with Crippen LogP contribution in [0.1, 0.15) is 212 Å². The van der Waals surface area contributed by atoms with E-state index in [2.05, 4.69) is 94.9 Å². The summed E-state index contributed by atoms with van der Waals surface area (Å²) in [4.78, 5) is 0. The highest BCUT2D eigenvalue weighted by Gasteiger charge is 2.11. The minimum atomic E-state index is -0.0909. The van der Waals surface area contributed by atoms with Gasteiger partial charge in [-0.05, 0) is 178 Å². The maximum Gasteiger partial charge on any atom is 0.108 e. The zero-order valence-corrected chi connectivity index (χ0v) is 48.2. The van der Waals surface area contributed by atoms with E-state index in [0.717, 1.165) is 52.3 Å². The molecular weight excluding hydrogens is 828 g/mol. The molecule has 0 aromatic carbocycles. The number of hydrogen-bond donors (Lipinski definition) is 0. The normalized spacial score (nSPS) is 11.7. The second-order valence-electron chi connectivity index (χ2n) is 21.5. The first-order chi connectivity index (χ1) is 28.9. The van der Waals surface area contributed by atoms with E-state index >= 15 is 0 Å². The van der Waals surface area contributed by atoms with Gasteiger partial charge in [0.2, 0.25) is 0 Å². The first-order valence-corrected chi connectivity index (χ1v) is 24.5. The molecule has 0 aromatic rings. The second-order valence-corrected chi connectivity index (χ2v) is 21.9. The Morgan fingerprint density at radius 2 is 0.672 bits per heavy atom. The standard InChI is InChI=1S/C11H24O3.C8H18O.C8H14O.C7H15ClO.C7H16O.C7H12O.C6H14O/c1-5-6-12-7-8-13-9-10-14-11(2,3)4;2*1-5-6-7-9-8(2,3)4;1-7(2,3)9-6-4-5-8;2*1-5-6-8-7(2,3)4;1-5-7-6(2,3)4/h5-10H2,1-4H3;5-7H2,1-4H3;1H,6-7H2,2-4H3;4-6H2,1-3H3;5-6H2,1-4H3;1H,6H2,2-4H3;5H2,1-4H3. The first kappa shape index (κ1) is 77.3. The van der Waals surface area contributed by atoms with Crippen LogP contribution in [-0.2, 0) is 42.6 Å². The number of alkyl halides is 1. The largest absolute Gasteiger partial charge is 0.379 e. The smallest absolute Gasteiger partial charge is 0.108 e. The third-order valence-electron chi connectivity index (χ3n) is 6.02. The van der Waals surface area contributed by atoms with Crippen LogP contribution in [0.3, 0.4) is 0 Å². The van der Waals surface area contributed by atoms with E-state index in [1.807, 2.05) is 90.0 Å². The third kappa shape index (κ3) is 125. The van der Waals surface area contributed by atoms with Gasteiger partial charge in [-0.25, -0.2) is 0 Å². The molecule has 0 saturated carbocycles. The highest BCUT2D eigenvalue weighted by molar-refractivity contribution is 6.17. The van der Waals surface area contributed by atoms with Gasteiger partial charge in [-0.2, -0.15) is 0 Å². The molecule has 0 atom stereocenters. The van der Waals surface area contributed by atoms with Crippen LogP contribution >= 0.6 is 11.6 Å². The van der Waals surface area contributed by atoms with Crippen molar-refractivity contribution in [3.05, 3.63) is 0 Å². The van der Waals surface area contributed by atoms with Gasteiger partial charge in [0.1, 0.15) is 6.61 Å². The Balaban J connectivity index is -0.000000120. The van der Waals surface area contributed by atoms with E-state index < -0.39 is 0 Å². The summed E-state index contributed by atoms with van der Waals surface area (Å²) in [5, 5.41) is 0. The number of halogens is 1. The SMILES string of the molecule is C#CCCOC(C)(C)C.C#CCOC(C)(C)C.CC(C)(C)OCCCCl.CCCCOC(C)(C)C.CCCOC(C)(C)C.CCCOCCOCCOC(C)(C)C.CCOC(C)(C)C. The van der Waals surface area contributed by atoms with Crippen molar-refractivity contribution in [1.29, 1.82) is 0 Å². The topological polar surface area (TPSA) is 83.1 Å². The molecule has 0 heterocycles. The lowest BCUT2D eigenvalue weighted by Gasteiger charge is -2.19. The number of terminal acetylenes is 2. The van der Waals surface area contributed by atoms with Crippen LogP contribution in [0.25, 0.3) is 0 Å². The molecule has 0 N–H and O–H groups in total. The average Bonchev–Trinajstić information content (AvgIpc) is 3.10. The van der Waals surface area contributed by atoms with Crippen LogP contribution in [0.2, 0.25) is 0 Å². The van der Waals surface area contributed by atoms with E-state index in [1.54, 1.807) is 0 Å². The second kappa shape index (κ2) is 47.1. The molecule has 390 valence electrons. The van der Waals surface area contributed by atoms with Gasteiger partial charge in [-0.3, -0.25) is 0 Å². The quantitative estimate of drug-likeness (QED) is 0.0673. The first-order valence-electron chi connectivity index (χ1n) is 24.0. The van der Waals surface area contributed by atoms with Crippen molar-refractivity contribution >= 4 is 11.6 Å². The molecule has 0 aromatic heterocycles. The summed E-state index contributed by atoms with van der Waals surface area (Å²) in [7, 11) is 0. The molecule has 9 nitrogen and oxygen atoms in total. The Hall–Kier alpha value is -0.950. The van der Waals surface area contributed by atoms with E-state index in [4.69, 9.17) is 67.1 Å². The number of unbranched alkanes of at least 4 members (excludes halogenated alkanes) is 1. The molecule has 64 heavy (non-hydrogen) atoms. The molecule has 10 heteroatoms. The zero-order valence-electron chi connectivity index (χ0n) is 47.4. The predicted octanol–water partition coefficient (Wildman–Crippen LogP) is 14.6. The van der Waals surface area contributed by atoms with Crippen molar-refractivity contribution < 1.29 is 42.6 Å². The van der Waals surface area contributed by atoms with Gasteiger partial charge in [0.15, 0.2) is 0 Å². The molecule has 0 saturated heterocycles. The van der Waals surface area contributed by atoms with Crippen LogP contribution in [0.4, 0.5) is 0 Å². The molecule has 0 unspecified atom stereocenters. The highest BCUT2D eigenvalue weighted by atomic mass is 35.5. The summed E-state index contributed by atoms with van der Waals surface area (Å²) >= 11 is 5.45. The summed E-state index contributed by atoms with van der Waals surface area (Å²) in [6.07, 6.45) is 16.2. The molecular formula is C54H113ClO9. The number of ether oxygens (including phenoxy) is 9. The molecule has 0 aliphatic heterocycles. The number of rotatable bonds is 20. The Morgan fingerprint density at radius 1 is 0.344 bits per heavy atom.